The summed E-state index contributed by atoms with van der Waals surface area (Å²) < 4.78 is 5.43. The van der Waals surface area contributed by atoms with E-state index in [4.69, 9.17) is 10.5 Å². The number of benzene rings is 2. The van der Waals surface area contributed by atoms with Gasteiger partial charge in [-0.15, -0.1) is 0 Å². The van der Waals surface area contributed by atoms with E-state index in [1.807, 2.05) is 48.5 Å². The topological polar surface area (TPSA) is 52.3 Å². The fourth-order valence-electron chi connectivity index (χ4n) is 1.84. The van der Waals surface area contributed by atoms with Crippen LogP contribution in [0.25, 0.3) is 0 Å². The first-order valence-electron chi connectivity index (χ1n) is 6.29. The number of carbonyl (C=O) groups is 1. The maximum atomic E-state index is 11.9. The molecule has 2 rings (SSSR count). The molecule has 0 aliphatic carbocycles. The van der Waals surface area contributed by atoms with E-state index in [0.717, 1.165) is 5.56 Å². The second-order valence-electron chi connectivity index (χ2n) is 4.32. The summed E-state index contributed by atoms with van der Waals surface area (Å²) in [4.78, 5) is 11.9. The van der Waals surface area contributed by atoms with Crippen LogP contribution in [-0.2, 0) is 11.2 Å². The summed E-state index contributed by atoms with van der Waals surface area (Å²) in [6, 6.07) is 18.8. The van der Waals surface area contributed by atoms with Crippen LogP contribution < -0.4 is 5.73 Å². The first-order valence-corrected chi connectivity index (χ1v) is 6.29. The summed E-state index contributed by atoms with van der Waals surface area (Å²) >= 11 is 0. The van der Waals surface area contributed by atoms with Crippen molar-refractivity contribution in [1.29, 1.82) is 0 Å². The SMILES string of the molecule is NCC(Cc1ccccc1)OC(=O)c1ccccc1. The molecule has 0 aliphatic rings. The molecule has 19 heavy (non-hydrogen) atoms. The molecule has 0 heterocycles. The molecule has 2 aromatic rings. The third kappa shape index (κ3) is 3.93. The number of nitrogens with two attached hydrogens (primary N) is 1. The Morgan fingerprint density at radius 3 is 2.16 bits per heavy atom. The van der Waals surface area contributed by atoms with Crippen molar-refractivity contribution in [3.63, 3.8) is 0 Å². The van der Waals surface area contributed by atoms with E-state index in [2.05, 4.69) is 0 Å². The summed E-state index contributed by atoms with van der Waals surface area (Å²) in [5, 5.41) is 0. The van der Waals surface area contributed by atoms with Gasteiger partial charge in [0.2, 0.25) is 0 Å². The highest BCUT2D eigenvalue weighted by Crippen LogP contribution is 2.08. The lowest BCUT2D eigenvalue weighted by Crippen LogP contribution is -2.28. The predicted octanol–water partition coefficient (Wildman–Crippen LogP) is 2.41. The smallest absolute Gasteiger partial charge is 0.338 e. The van der Waals surface area contributed by atoms with Crippen LogP contribution >= 0.6 is 0 Å². The predicted molar refractivity (Wildman–Crippen MR) is 74.8 cm³/mol. The lowest BCUT2D eigenvalue weighted by Gasteiger charge is -2.16. The molecule has 1 atom stereocenters. The van der Waals surface area contributed by atoms with E-state index in [9.17, 15) is 4.79 Å². The van der Waals surface area contributed by atoms with Crippen LogP contribution in [0.3, 0.4) is 0 Å². The molecule has 2 N–H and O–H groups in total. The zero-order valence-electron chi connectivity index (χ0n) is 10.7. The molecule has 3 heteroatoms. The van der Waals surface area contributed by atoms with Crippen LogP contribution in [0.2, 0.25) is 0 Å². The molecule has 0 saturated carbocycles. The van der Waals surface area contributed by atoms with Crippen molar-refractivity contribution >= 4 is 5.97 Å². The van der Waals surface area contributed by atoms with Crippen molar-refractivity contribution < 1.29 is 9.53 Å². The third-order valence-electron chi connectivity index (χ3n) is 2.85. The van der Waals surface area contributed by atoms with Gasteiger partial charge < -0.3 is 10.5 Å². The fourth-order valence-corrected chi connectivity index (χ4v) is 1.84. The molecule has 0 aromatic heterocycles. The lowest BCUT2D eigenvalue weighted by atomic mass is 10.1. The normalized spacial score (nSPS) is 11.8. The van der Waals surface area contributed by atoms with E-state index >= 15 is 0 Å². The number of hydrogen-bond acceptors (Lipinski definition) is 3. The van der Waals surface area contributed by atoms with Crippen LogP contribution in [0.4, 0.5) is 0 Å². The highest BCUT2D eigenvalue weighted by atomic mass is 16.5. The van der Waals surface area contributed by atoms with Gasteiger partial charge in [-0.05, 0) is 17.7 Å². The molecular weight excluding hydrogens is 238 g/mol. The average Bonchev–Trinajstić information content (AvgIpc) is 2.48. The van der Waals surface area contributed by atoms with Crippen LogP contribution in [0.15, 0.2) is 60.7 Å². The van der Waals surface area contributed by atoms with Gasteiger partial charge in [-0.1, -0.05) is 48.5 Å². The van der Waals surface area contributed by atoms with Crippen molar-refractivity contribution in [2.45, 2.75) is 12.5 Å². The van der Waals surface area contributed by atoms with Gasteiger partial charge in [0.05, 0.1) is 5.56 Å². The lowest BCUT2D eigenvalue weighted by molar-refractivity contribution is 0.0321. The molecule has 2 aromatic carbocycles. The second kappa shape index (κ2) is 6.71. The highest BCUT2D eigenvalue weighted by Gasteiger charge is 2.14. The Morgan fingerprint density at radius 2 is 1.58 bits per heavy atom. The van der Waals surface area contributed by atoms with E-state index in [0.29, 0.717) is 18.5 Å². The van der Waals surface area contributed by atoms with Gasteiger partial charge >= 0.3 is 5.97 Å². The third-order valence-corrected chi connectivity index (χ3v) is 2.85. The largest absolute Gasteiger partial charge is 0.457 e. The zero-order valence-corrected chi connectivity index (χ0v) is 10.7. The molecule has 0 amide bonds. The summed E-state index contributed by atoms with van der Waals surface area (Å²) in [6.45, 7) is 0.313. The van der Waals surface area contributed by atoms with Crippen molar-refractivity contribution in [2.24, 2.45) is 5.73 Å². The molecule has 0 aliphatic heterocycles. The number of carbonyl (C=O) groups excluding carboxylic acids is 1. The number of rotatable bonds is 5. The standard InChI is InChI=1S/C16H17NO2/c17-12-15(11-13-7-3-1-4-8-13)19-16(18)14-9-5-2-6-10-14/h1-10,15H,11-12,17H2. The van der Waals surface area contributed by atoms with Crippen LogP contribution in [0.1, 0.15) is 15.9 Å². The minimum Gasteiger partial charge on any atom is -0.457 e. The number of hydrogen-bond donors (Lipinski definition) is 1. The Balaban J connectivity index is 1.98. The van der Waals surface area contributed by atoms with Crippen molar-refractivity contribution in [1.82, 2.24) is 0 Å². The summed E-state index contributed by atoms with van der Waals surface area (Å²) in [5.74, 6) is -0.327. The van der Waals surface area contributed by atoms with Gasteiger partial charge in [-0.3, -0.25) is 0 Å². The van der Waals surface area contributed by atoms with Crippen LogP contribution in [0.5, 0.6) is 0 Å². The highest BCUT2D eigenvalue weighted by molar-refractivity contribution is 5.89. The molecule has 0 spiro atoms. The summed E-state index contributed by atoms with van der Waals surface area (Å²) in [5.41, 5.74) is 7.33. The quantitative estimate of drug-likeness (QED) is 0.835. The van der Waals surface area contributed by atoms with E-state index in [1.54, 1.807) is 12.1 Å². The monoisotopic (exact) mass is 255 g/mol. The second-order valence-corrected chi connectivity index (χ2v) is 4.32. The van der Waals surface area contributed by atoms with Crippen molar-refractivity contribution in [3.05, 3.63) is 71.8 Å². The van der Waals surface area contributed by atoms with Gasteiger partial charge in [0, 0.05) is 13.0 Å². The Bertz CT molecular complexity index is 511. The first-order chi connectivity index (χ1) is 9.29. The Morgan fingerprint density at radius 1 is 1.00 bits per heavy atom. The number of ether oxygens (including phenoxy) is 1. The zero-order chi connectivity index (χ0) is 13.5. The Hall–Kier alpha value is -2.13. The summed E-state index contributed by atoms with van der Waals surface area (Å²) in [6.07, 6.45) is 0.339. The van der Waals surface area contributed by atoms with Crippen LogP contribution in [-0.4, -0.2) is 18.6 Å². The van der Waals surface area contributed by atoms with Crippen molar-refractivity contribution in [3.8, 4) is 0 Å². The average molecular weight is 255 g/mol. The molecule has 3 nitrogen and oxygen atoms in total. The minimum absolute atomic E-state index is 0.296. The van der Waals surface area contributed by atoms with Gasteiger partial charge in [-0.2, -0.15) is 0 Å². The first kappa shape index (κ1) is 13.3. The number of esters is 1. The van der Waals surface area contributed by atoms with Gasteiger partial charge in [0.25, 0.3) is 0 Å². The molecule has 0 fully saturated rings. The Kier molecular flexibility index (Phi) is 4.70. The van der Waals surface area contributed by atoms with Gasteiger partial charge in [0.15, 0.2) is 0 Å². The maximum Gasteiger partial charge on any atom is 0.338 e. The van der Waals surface area contributed by atoms with E-state index in [1.165, 1.54) is 0 Å². The van der Waals surface area contributed by atoms with Crippen LogP contribution in [0, 0.1) is 0 Å². The van der Waals surface area contributed by atoms with Crippen molar-refractivity contribution in [2.75, 3.05) is 6.54 Å². The Labute approximate surface area is 113 Å². The van der Waals surface area contributed by atoms with Gasteiger partial charge in [0.1, 0.15) is 6.10 Å². The molecule has 0 saturated heterocycles. The van der Waals surface area contributed by atoms with E-state index < -0.39 is 0 Å². The minimum atomic E-state index is -0.327. The fraction of sp³-hybridized carbons (Fsp3) is 0.188. The molecule has 0 radical (unpaired) electrons. The molecule has 98 valence electrons. The molecular formula is C16H17NO2. The summed E-state index contributed by atoms with van der Waals surface area (Å²) in [7, 11) is 0. The maximum absolute atomic E-state index is 11.9. The molecule has 1 unspecified atom stereocenters. The van der Waals surface area contributed by atoms with Gasteiger partial charge in [-0.25, -0.2) is 4.79 Å². The molecule has 0 bridgehead atoms. The van der Waals surface area contributed by atoms with E-state index in [-0.39, 0.29) is 12.1 Å².